The lowest BCUT2D eigenvalue weighted by molar-refractivity contribution is -0.162. The second-order valence-corrected chi connectivity index (χ2v) is 6.45. The van der Waals surface area contributed by atoms with Crippen LogP contribution >= 0.6 is 0 Å². The SMILES string of the molecule is CCCC(C)(CC(CC)C(=O)OC1C(=O)CCC1=O)C(=O)NC. The number of ether oxygens (including phenoxy) is 1. The molecule has 6 nitrogen and oxygen atoms in total. The first kappa shape index (κ1) is 19.3. The summed E-state index contributed by atoms with van der Waals surface area (Å²) in [4.78, 5) is 47.8. The molecule has 6 heteroatoms. The van der Waals surface area contributed by atoms with E-state index in [4.69, 9.17) is 4.74 Å². The molecule has 0 bridgehead atoms. The van der Waals surface area contributed by atoms with Gasteiger partial charge >= 0.3 is 5.97 Å². The van der Waals surface area contributed by atoms with Crippen LogP contribution in [0.3, 0.4) is 0 Å². The average molecular weight is 325 g/mol. The van der Waals surface area contributed by atoms with Gasteiger partial charge in [0.1, 0.15) is 0 Å². The maximum Gasteiger partial charge on any atom is 0.310 e. The zero-order valence-corrected chi connectivity index (χ0v) is 14.4. The fourth-order valence-corrected chi connectivity index (χ4v) is 3.13. The van der Waals surface area contributed by atoms with Crippen molar-refractivity contribution in [2.24, 2.45) is 11.3 Å². The Balaban J connectivity index is 2.81. The molecule has 0 aromatic carbocycles. The van der Waals surface area contributed by atoms with Crippen LogP contribution in [0.1, 0.15) is 59.3 Å². The molecule has 1 amide bonds. The number of Topliss-reactive ketones (excluding diaryl/α,β-unsaturated/α-hetero) is 2. The normalized spacial score (nSPS) is 19.3. The van der Waals surface area contributed by atoms with Gasteiger partial charge in [-0.15, -0.1) is 0 Å². The lowest BCUT2D eigenvalue weighted by atomic mass is 9.76. The van der Waals surface area contributed by atoms with Crippen LogP contribution in [-0.4, -0.2) is 36.6 Å². The van der Waals surface area contributed by atoms with Crippen molar-refractivity contribution >= 4 is 23.4 Å². The van der Waals surface area contributed by atoms with Crippen LogP contribution in [0.15, 0.2) is 0 Å². The van der Waals surface area contributed by atoms with E-state index in [2.05, 4.69) is 5.32 Å². The average Bonchev–Trinajstić information content (AvgIpc) is 2.83. The molecule has 1 N–H and O–H groups in total. The highest BCUT2D eigenvalue weighted by Gasteiger charge is 2.40. The molecular formula is C17H27NO5. The summed E-state index contributed by atoms with van der Waals surface area (Å²) >= 11 is 0. The zero-order valence-electron chi connectivity index (χ0n) is 14.4. The van der Waals surface area contributed by atoms with Crippen LogP contribution in [0.5, 0.6) is 0 Å². The molecule has 0 aromatic rings. The fourth-order valence-electron chi connectivity index (χ4n) is 3.13. The predicted molar refractivity (Wildman–Crippen MR) is 84.6 cm³/mol. The van der Waals surface area contributed by atoms with Crippen LogP contribution in [0.4, 0.5) is 0 Å². The molecule has 0 spiro atoms. The van der Waals surface area contributed by atoms with Gasteiger partial charge < -0.3 is 10.1 Å². The van der Waals surface area contributed by atoms with Gasteiger partial charge in [-0.25, -0.2) is 0 Å². The first-order valence-corrected chi connectivity index (χ1v) is 8.27. The summed E-state index contributed by atoms with van der Waals surface area (Å²) in [6.45, 7) is 5.65. The predicted octanol–water partition coefficient (Wildman–Crippen LogP) is 1.80. The van der Waals surface area contributed by atoms with E-state index in [0.717, 1.165) is 6.42 Å². The summed E-state index contributed by atoms with van der Waals surface area (Å²) in [5, 5.41) is 2.65. The summed E-state index contributed by atoms with van der Waals surface area (Å²) in [6.07, 6.45) is 1.33. The Hall–Kier alpha value is -1.72. The minimum Gasteiger partial charge on any atom is -0.446 e. The summed E-state index contributed by atoms with van der Waals surface area (Å²) in [6, 6.07) is 0. The summed E-state index contributed by atoms with van der Waals surface area (Å²) < 4.78 is 5.16. The standard InChI is InChI=1S/C17H27NO5/c1-5-9-17(3,16(22)18-4)10-11(6-2)15(21)23-14-12(19)7-8-13(14)20/h11,14H,5-10H2,1-4H3,(H,18,22). The van der Waals surface area contributed by atoms with Crippen molar-refractivity contribution in [3.05, 3.63) is 0 Å². The summed E-state index contributed by atoms with van der Waals surface area (Å²) in [5.74, 6) is -1.85. The maximum absolute atomic E-state index is 12.4. The molecule has 0 aromatic heterocycles. The highest BCUT2D eigenvalue weighted by Crippen LogP contribution is 2.34. The maximum atomic E-state index is 12.4. The minimum atomic E-state index is -1.24. The third kappa shape index (κ3) is 4.62. The third-order valence-electron chi connectivity index (χ3n) is 4.54. The van der Waals surface area contributed by atoms with Gasteiger partial charge in [0.25, 0.3) is 0 Å². The van der Waals surface area contributed by atoms with Crippen molar-refractivity contribution in [2.75, 3.05) is 7.05 Å². The van der Waals surface area contributed by atoms with Crippen molar-refractivity contribution < 1.29 is 23.9 Å². The number of nitrogens with one attached hydrogen (secondary N) is 1. The molecule has 130 valence electrons. The van der Waals surface area contributed by atoms with Crippen LogP contribution in [-0.2, 0) is 23.9 Å². The molecular weight excluding hydrogens is 298 g/mol. The van der Waals surface area contributed by atoms with Gasteiger partial charge in [-0.3, -0.25) is 19.2 Å². The summed E-state index contributed by atoms with van der Waals surface area (Å²) in [5.41, 5.74) is -0.674. The molecule has 0 aliphatic heterocycles. The molecule has 1 aliphatic rings. The van der Waals surface area contributed by atoms with Crippen molar-refractivity contribution in [3.63, 3.8) is 0 Å². The second kappa shape index (κ2) is 8.22. The number of hydrogen-bond acceptors (Lipinski definition) is 5. The lowest BCUT2D eigenvalue weighted by Gasteiger charge is -2.30. The van der Waals surface area contributed by atoms with Crippen LogP contribution in [0.25, 0.3) is 0 Å². The van der Waals surface area contributed by atoms with Gasteiger partial charge in [-0.1, -0.05) is 27.2 Å². The van der Waals surface area contributed by atoms with E-state index in [0.29, 0.717) is 19.3 Å². The van der Waals surface area contributed by atoms with Crippen molar-refractivity contribution in [1.82, 2.24) is 5.32 Å². The monoisotopic (exact) mass is 325 g/mol. The Bertz CT molecular complexity index is 471. The van der Waals surface area contributed by atoms with Gasteiger partial charge in [0, 0.05) is 25.3 Å². The molecule has 23 heavy (non-hydrogen) atoms. The smallest absolute Gasteiger partial charge is 0.310 e. The first-order chi connectivity index (χ1) is 10.8. The molecule has 1 fully saturated rings. The van der Waals surface area contributed by atoms with E-state index >= 15 is 0 Å². The molecule has 2 atom stereocenters. The molecule has 0 saturated heterocycles. The number of ketones is 2. The Labute approximate surface area is 137 Å². The number of esters is 1. The highest BCUT2D eigenvalue weighted by atomic mass is 16.6. The van der Waals surface area contributed by atoms with E-state index < -0.39 is 23.4 Å². The highest BCUT2D eigenvalue weighted by molar-refractivity contribution is 6.12. The summed E-state index contributed by atoms with van der Waals surface area (Å²) in [7, 11) is 1.57. The minimum absolute atomic E-state index is 0.112. The number of carbonyl (C=O) groups is 4. The molecule has 1 aliphatic carbocycles. The number of rotatable bonds is 8. The Morgan fingerprint density at radius 2 is 1.83 bits per heavy atom. The fraction of sp³-hybridized carbons (Fsp3) is 0.765. The number of hydrogen-bond donors (Lipinski definition) is 1. The van der Waals surface area contributed by atoms with Gasteiger partial charge in [-0.05, 0) is 19.3 Å². The van der Waals surface area contributed by atoms with Crippen LogP contribution < -0.4 is 5.32 Å². The van der Waals surface area contributed by atoms with Gasteiger partial charge in [0.2, 0.25) is 12.0 Å². The zero-order chi connectivity index (χ0) is 17.6. The van der Waals surface area contributed by atoms with Gasteiger partial charge in [0.05, 0.1) is 5.92 Å². The van der Waals surface area contributed by atoms with E-state index in [1.54, 1.807) is 7.05 Å². The van der Waals surface area contributed by atoms with Gasteiger partial charge in [0.15, 0.2) is 11.6 Å². The molecule has 0 heterocycles. The van der Waals surface area contributed by atoms with E-state index in [1.807, 2.05) is 20.8 Å². The topological polar surface area (TPSA) is 89.5 Å². The van der Waals surface area contributed by atoms with Crippen molar-refractivity contribution in [2.45, 2.75) is 65.4 Å². The molecule has 1 rings (SSSR count). The molecule has 0 radical (unpaired) electrons. The Morgan fingerprint density at radius 3 is 2.26 bits per heavy atom. The first-order valence-electron chi connectivity index (χ1n) is 8.27. The number of carbonyl (C=O) groups excluding carboxylic acids is 4. The quantitative estimate of drug-likeness (QED) is 0.543. The largest absolute Gasteiger partial charge is 0.446 e. The van der Waals surface area contributed by atoms with Crippen molar-refractivity contribution in [1.29, 1.82) is 0 Å². The van der Waals surface area contributed by atoms with E-state index in [9.17, 15) is 19.2 Å². The van der Waals surface area contributed by atoms with Crippen LogP contribution in [0, 0.1) is 11.3 Å². The van der Waals surface area contributed by atoms with Crippen LogP contribution in [0.2, 0.25) is 0 Å². The number of amides is 1. The van der Waals surface area contributed by atoms with E-state index in [1.165, 1.54) is 0 Å². The Morgan fingerprint density at radius 1 is 1.26 bits per heavy atom. The van der Waals surface area contributed by atoms with Crippen molar-refractivity contribution in [3.8, 4) is 0 Å². The third-order valence-corrected chi connectivity index (χ3v) is 4.54. The Kier molecular flexibility index (Phi) is 6.91. The van der Waals surface area contributed by atoms with E-state index in [-0.39, 0.29) is 30.3 Å². The van der Waals surface area contributed by atoms with Gasteiger partial charge in [-0.2, -0.15) is 0 Å². The second-order valence-electron chi connectivity index (χ2n) is 6.45. The molecule has 2 unspecified atom stereocenters. The molecule has 1 saturated carbocycles. The lowest BCUT2D eigenvalue weighted by Crippen LogP contribution is -2.40.